The minimum Gasteiger partial charge on any atom is -0.377 e. The first-order valence-electron chi connectivity index (χ1n) is 11.9. The zero-order valence-electron chi connectivity index (χ0n) is 20.3. The van der Waals surface area contributed by atoms with Crippen molar-refractivity contribution < 1.29 is 18.0 Å². The first-order chi connectivity index (χ1) is 16.2. The summed E-state index contributed by atoms with van der Waals surface area (Å²) < 4.78 is 28.7. The number of fused-ring (bicyclic) bond motifs is 1. The molecular formula is C25H36N4O4S. The van der Waals surface area contributed by atoms with E-state index in [9.17, 15) is 18.0 Å². The van der Waals surface area contributed by atoms with E-state index in [-0.39, 0.29) is 23.3 Å². The van der Waals surface area contributed by atoms with Gasteiger partial charge in [-0.15, -0.1) is 0 Å². The van der Waals surface area contributed by atoms with Crippen molar-refractivity contribution in [3.8, 4) is 0 Å². The number of benzene rings is 2. The molecule has 3 rings (SSSR count). The molecule has 1 aliphatic heterocycles. The molecule has 3 N–H and O–H groups in total. The second-order valence-corrected chi connectivity index (χ2v) is 11.0. The lowest BCUT2D eigenvalue weighted by atomic mass is 10.0. The highest BCUT2D eigenvalue weighted by Gasteiger charge is 2.36. The van der Waals surface area contributed by atoms with E-state index in [2.05, 4.69) is 11.6 Å². The van der Waals surface area contributed by atoms with Gasteiger partial charge in [0, 0.05) is 50.1 Å². The Balaban J connectivity index is 1.60. The monoisotopic (exact) mass is 488 g/mol. The van der Waals surface area contributed by atoms with Crippen molar-refractivity contribution in [1.29, 1.82) is 0 Å². The van der Waals surface area contributed by atoms with Gasteiger partial charge < -0.3 is 15.5 Å². The third-order valence-corrected chi connectivity index (χ3v) is 7.99. The van der Waals surface area contributed by atoms with Crippen molar-refractivity contribution in [1.82, 2.24) is 9.62 Å². The largest absolute Gasteiger partial charge is 0.377 e. The lowest BCUT2D eigenvalue weighted by Gasteiger charge is -2.25. The first-order valence-corrected chi connectivity index (χ1v) is 13.4. The molecule has 34 heavy (non-hydrogen) atoms. The lowest BCUT2D eigenvalue weighted by molar-refractivity contribution is -0.136. The smallest absolute Gasteiger partial charge is 0.241 e. The number of unbranched alkanes of at least 4 members (excludes halogenated alkanes) is 1. The third-order valence-electron chi connectivity index (χ3n) is 6.47. The number of primary amides is 1. The summed E-state index contributed by atoms with van der Waals surface area (Å²) >= 11 is 0. The van der Waals surface area contributed by atoms with Crippen molar-refractivity contribution in [2.45, 2.75) is 56.4 Å². The SMILES string of the molecule is CCCC1CC(=O)N(C(CCCCNS(=O)(=O)c2cccc3c(N(C)C)cccc23)C(N)=O)C1. The molecule has 186 valence electrons. The fraction of sp³-hybridized carbons (Fsp3) is 0.520. The van der Waals surface area contributed by atoms with Gasteiger partial charge in [0.25, 0.3) is 0 Å². The summed E-state index contributed by atoms with van der Waals surface area (Å²) in [5.41, 5.74) is 6.55. The van der Waals surface area contributed by atoms with Crippen LogP contribution in [0, 0.1) is 5.92 Å². The summed E-state index contributed by atoms with van der Waals surface area (Å²) in [6.45, 7) is 2.89. The number of amides is 2. The van der Waals surface area contributed by atoms with Crippen molar-refractivity contribution >= 4 is 38.3 Å². The summed E-state index contributed by atoms with van der Waals surface area (Å²) in [5, 5.41) is 1.54. The van der Waals surface area contributed by atoms with Crippen LogP contribution < -0.4 is 15.4 Å². The van der Waals surface area contributed by atoms with E-state index in [4.69, 9.17) is 5.73 Å². The number of nitrogens with zero attached hydrogens (tertiary/aromatic N) is 2. The molecule has 0 bridgehead atoms. The Morgan fingerprint density at radius 3 is 2.56 bits per heavy atom. The van der Waals surface area contributed by atoms with Gasteiger partial charge in [0.1, 0.15) is 6.04 Å². The topological polar surface area (TPSA) is 113 Å². The zero-order valence-corrected chi connectivity index (χ0v) is 21.1. The summed E-state index contributed by atoms with van der Waals surface area (Å²) in [7, 11) is 0.139. The van der Waals surface area contributed by atoms with Gasteiger partial charge in [-0.25, -0.2) is 13.1 Å². The molecule has 0 aliphatic carbocycles. The maximum atomic E-state index is 13.0. The summed E-state index contributed by atoms with van der Waals surface area (Å²) in [4.78, 5) is 28.2. The number of nitrogens with two attached hydrogens (primary N) is 1. The standard InChI is InChI=1S/C25H36N4O4S/c1-4-9-18-16-24(30)29(17-18)22(25(26)31)12-5-6-15-27-34(32,33)23-14-8-10-19-20(23)11-7-13-21(19)28(2)3/h7-8,10-11,13-14,18,22,27H,4-6,9,12,15-17H2,1-3H3,(H2,26,31). The molecule has 2 aromatic rings. The molecule has 1 saturated heterocycles. The Labute approximate surface area is 202 Å². The molecule has 8 nitrogen and oxygen atoms in total. The number of hydrogen-bond donors (Lipinski definition) is 2. The molecule has 0 aromatic heterocycles. The lowest BCUT2D eigenvalue weighted by Crippen LogP contribution is -2.45. The number of hydrogen-bond acceptors (Lipinski definition) is 5. The molecule has 1 fully saturated rings. The van der Waals surface area contributed by atoms with Crippen molar-refractivity contribution in [3.05, 3.63) is 36.4 Å². The Kier molecular flexibility index (Phi) is 8.54. The average molecular weight is 489 g/mol. The highest BCUT2D eigenvalue weighted by Crippen LogP contribution is 2.30. The summed E-state index contributed by atoms with van der Waals surface area (Å²) in [6.07, 6.45) is 3.98. The number of carbonyl (C=O) groups is 2. The molecule has 1 aliphatic rings. The minimum atomic E-state index is -3.71. The number of sulfonamides is 1. The van der Waals surface area contributed by atoms with Gasteiger partial charge in [0.15, 0.2) is 0 Å². The van der Waals surface area contributed by atoms with Gasteiger partial charge in [0.2, 0.25) is 21.8 Å². The van der Waals surface area contributed by atoms with Crippen molar-refractivity contribution in [2.24, 2.45) is 11.7 Å². The zero-order chi connectivity index (χ0) is 24.9. The van der Waals surface area contributed by atoms with E-state index < -0.39 is 22.0 Å². The molecule has 2 aromatic carbocycles. The molecule has 9 heteroatoms. The van der Waals surface area contributed by atoms with Crippen LogP contribution in [0.2, 0.25) is 0 Å². The van der Waals surface area contributed by atoms with E-state index >= 15 is 0 Å². The van der Waals surface area contributed by atoms with Crippen LogP contribution in [-0.2, 0) is 19.6 Å². The molecule has 1 heterocycles. The van der Waals surface area contributed by atoms with Crippen LogP contribution in [0.1, 0.15) is 45.4 Å². The van der Waals surface area contributed by atoms with E-state index in [1.165, 1.54) is 0 Å². The predicted octanol–water partition coefficient (Wildman–Crippen LogP) is 2.86. The highest BCUT2D eigenvalue weighted by atomic mass is 32.2. The van der Waals surface area contributed by atoms with Gasteiger partial charge >= 0.3 is 0 Å². The maximum absolute atomic E-state index is 13.0. The van der Waals surface area contributed by atoms with Gasteiger partial charge in [-0.1, -0.05) is 37.6 Å². The molecule has 2 unspecified atom stereocenters. The average Bonchev–Trinajstić information content (AvgIpc) is 3.14. The number of nitrogens with one attached hydrogen (secondary N) is 1. The summed E-state index contributed by atoms with van der Waals surface area (Å²) in [5.74, 6) is -0.241. The molecule has 0 radical (unpaired) electrons. The van der Waals surface area contributed by atoms with Gasteiger partial charge in [0.05, 0.1) is 4.90 Å². The van der Waals surface area contributed by atoms with Crippen molar-refractivity contribution in [3.63, 3.8) is 0 Å². The molecule has 2 atom stereocenters. The molecular weight excluding hydrogens is 452 g/mol. The fourth-order valence-corrected chi connectivity index (χ4v) is 6.09. The van der Waals surface area contributed by atoms with Crippen LogP contribution in [-0.4, -0.2) is 58.4 Å². The Bertz CT molecular complexity index is 1130. The molecule has 0 spiro atoms. The van der Waals surface area contributed by atoms with Crippen LogP contribution in [0.3, 0.4) is 0 Å². The Morgan fingerprint density at radius 1 is 1.18 bits per heavy atom. The van der Waals surface area contributed by atoms with E-state index in [1.54, 1.807) is 17.0 Å². The number of anilines is 1. The Hall–Kier alpha value is -2.65. The van der Waals surface area contributed by atoms with Gasteiger partial charge in [-0.2, -0.15) is 0 Å². The molecule has 2 amide bonds. The van der Waals surface area contributed by atoms with Crippen LogP contribution in [0.5, 0.6) is 0 Å². The normalized spacial score (nSPS) is 17.3. The van der Waals surface area contributed by atoms with Crippen LogP contribution >= 0.6 is 0 Å². The number of likely N-dealkylation sites (tertiary alicyclic amines) is 1. The van der Waals surface area contributed by atoms with E-state index in [0.29, 0.717) is 37.6 Å². The second-order valence-electron chi connectivity index (χ2n) is 9.24. The van der Waals surface area contributed by atoms with Crippen LogP contribution in [0.4, 0.5) is 5.69 Å². The van der Waals surface area contributed by atoms with Crippen LogP contribution in [0.25, 0.3) is 10.8 Å². The van der Waals surface area contributed by atoms with Gasteiger partial charge in [-0.05, 0) is 43.7 Å². The van der Waals surface area contributed by atoms with E-state index in [1.807, 2.05) is 43.3 Å². The second kappa shape index (κ2) is 11.2. The quantitative estimate of drug-likeness (QED) is 0.446. The van der Waals surface area contributed by atoms with Crippen molar-refractivity contribution in [2.75, 3.05) is 32.1 Å². The minimum absolute atomic E-state index is 0.0176. The highest BCUT2D eigenvalue weighted by molar-refractivity contribution is 7.89. The van der Waals surface area contributed by atoms with E-state index in [0.717, 1.165) is 23.9 Å². The third kappa shape index (κ3) is 5.88. The summed E-state index contributed by atoms with van der Waals surface area (Å²) in [6, 6.07) is 10.3. The first kappa shape index (κ1) is 26.0. The number of rotatable bonds is 12. The predicted molar refractivity (Wildman–Crippen MR) is 135 cm³/mol. The number of carbonyl (C=O) groups excluding carboxylic acids is 2. The molecule has 0 saturated carbocycles. The fourth-order valence-electron chi connectivity index (χ4n) is 4.80. The Morgan fingerprint density at radius 2 is 1.88 bits per heavy atom. The van der Waals surface area contributed by atoms with Crippen LogP contribution in [0.15, 0.2) is 41.3 Å². The maximum Gasteiger partial charge on any atom is 0.241 e. The van der Waals surface area contributed by atoms with Gasteiger partial charge in [-0.3, -0.25) is 9.59 Å².